The topological polar surface area (TPSA) is 110 Å². The van der Waals surface area contributed by atoms with Crippen LogP contribution >= 0.6 is 0 Å². The molecule has 1 atom stereocenters. The molecule has 1 amide bonds. The first-order chi connectivity index (χ1) is 15.2. The maximum Gasteiger partial charge on any atom is 0.248 e. The van der Waals surface area contributed by atoms with Crippen LogP contribution in [0.25, 0.3) is 5.69 Å². The van der Waals surface area contributed by atoms with E-state index in [0.717, 1.165) is 0 Å². The molecule has 2 aromatic heterocycles. The van der Waals surface area contributed by atoms with Crippen LogP contribution in [0.4, 0.5) is 10.1 Å². The molecule has 1 aliphatic rings. The summed E-state index contributed by atoms with van der Waals surface area (Å²) >= 11 is 0. The number of carbonyl (C=O) groups is 1. The van der Waals surface area contributed by atoms with Crippen LogP contribution in [0.3, 0.4) is 0 Å². The summed E-state index contributed by atoms with van der Waals surface area (Å²) in [6, 6.07) is 4.42. The lowest BCUT2D eigenvalue weighted by Gasteiger charge is -2.31. The van der Waals surface area contributed by atoms with Gasteiger partial charge in [0.2, 0.25) is 15.9 Å². The van der Waals surface area contributed by atoms with Gasteiger partial charge in [0.1, 0.15) is 22.2 Å². The van der Waals surface area contributed by atoms with Gasteiger partial charge in [0.15, 0.2) is 5.76 Å². The largest absolute Gasteiger partial charge is 0.360 e. The van der Waals surface area contributed by atoms with Gasteiger partial charge in [0.25, 0.3) is 0 Å². The van der Waals surface area contributed by atoms with Crippen LogP contribution in [0.2, 0.25) is 0 Å². The minimum Gasteiger partial charge on any atom is -0.360 e. The van der Waals surface area contributed by atoms with Crippen molar-refractivity contribution in [1.29, 1.82) is 0 Å². The number of piperidine rings is 1. The van der Waals surface area contributed by atoms with Crippen molar-refractivity contribution in [3.8, 4) is 5.69 Å². The minimum absolute atomic E-state index is 0.0347. The predicted molar refractivity (Wildman–Crippen MR) is 114 cm³/mol. The van der Waals surface area contributed by atoms with Crippen molar-refractivity contribution in [1.82, 2.24) is 19.0 Å². The Labute approximate surface area is 185 Å². The average molecular weight is 462 g/mol. The number of carbonyl (C=O) groups excluding carboxylic acids is 1. The summed E-state index contributed by atoms with van der Waals surface area (Å²) in [7, 11) is -3.83. The molecule has 4 rings (SSSR count). The first-order valence-corrected chi connectivity index (χ1v) is 11.7. The van der Waals surface area contributed by atoms with E-state index in [1.165, 1.54) is 10.4 Å². The van der Waals surface area contributed by atoms with Gasteiger partial charge in [-0.2, -0.15) is 4.31 Å². The zero-order chi connectivity index (χ0) is 23.0. The highest BCUT2D eigenvalue weighted by atomic mass is 32.2. The van der Waals surface area contributed by atoms with Crippen LogP contribution in [-0.2, 0) is 14.8 Å². The molecule has 1 aromatic carbocycles. The van der Waals surface area contributed by atoms with Gasteiger partial charge >= 0.3 is 0 Å². The van der Waals surface area contributed by atoms with E-state index in [0.29, 0.717) is 36.6 Å². The van der Waals surface area contributed by atoms with Crippen molar-refractivity contribution in [3.05, 3.63) is 53.7 Å². The number of hydrogen-bond acceptors (Lipinski definition) is 6. The summed E-state index contributed by atoms with van der Waals surface area (Å²) in [4.78, 5) is 17.0. The van der Waals surface area contributed by atoms with Crippen LogP contribution in [-0.4, -0.2) is 46.4 Å². The number of aromatic nitrogens is 3. The molecular weight excluding hydrogens is 437 g/mol. The zero-order valence-electron chi connectivity index (χ0n) is 18.0. The van der Waals surface area contributed by atoms with Crippen molar-refractivity contribution in [2.24, 2.45) is 5.92 Å². The smallest absolute Gasteiger partial charge is 0.248 e. The number of benzene rings is 1. The normalized spacial score (nSPS) is 17.4. The molecule has 170 valence electrons. The predicted octanol–water partition coefficient (Wildman–Crippen LogP) is 2.96. The van der Waals surface area contributed by atoms with Crippen LogP contribution < -0.4 is 5.32 Å². The zero-order valence-corrected chi connectivity index (χ0v) is 18.8. The lowest BCUT2D eigenvalue weighted by atomic mass is 9.98. The van der Waals surface area contributed by atoms with E-state index in [9.17, 15) is 17.6 Å². The third-order valence-corrected chi connectivity index (χ3v) is 7.73. The molecule has 1 unspecified atom stereocenters. The number of rotatable bonds is 5. The molecule has 9 nitrogen and oxygen atoms in total. The van der Waals surface area contributed by atoms with E-state index >= 15 is 0 Å². The Morgan fingerprint density at radius 3 is 2.69 bits per heavy atom. The van der Waals surface area contributed by atoms with Crippen LogP contribution in [0.1, 0.15) is 30.1 Å². The number of hydrogen-bond donors (Lipinski definition) is 1. The van der Waals surface area contributed by atoms with Gasteiger partial charge in [-0.25, -0.2) is 17.8 Å². The van der Waals surface area contributed by atoms with Gasteiger partial charge < -0.3 is 14.4 Å². The number of aryl methyl sites for hydroxylation is 3. The molecule has 0 bridgehead atoms. The number of imidazole rings is 1. The first-order valence-electron chi connectivity index (χ1n) is 10.2. The summed E-state index contributed by atoms with van der Waals surface area (Å²) in [6.45, 7) is 5.23. The van der Waals surface area contributed by atoms with Gasteiger partial charge in [-0.15, -0.1) is 0 Å². The van der Waals surface area contributed by atoms with Crippen molar-refractivity contribution in [2.45, 2.75) is 38.5 Å². The Bertz CT molecular complexity index is 1250. The Morgan fingerprint density at radius 2 is 2.06 bits per heavy atom. The molecule has 0 radical (unpaired) electrons. The highest BCUT2D eigenvalue weighted by Crippen LogP contribution is 2.28. The third-order valence-electron chi connectivity index (χ3n) is 5.62. The lowest BCUT2D eigenvalue weighted by Crippen LogP contribution is -2.43. The fraction of sp³-hybridized carbons (Fsp3) is 0.381. The summed E-state index contributed by atoms with van der Waals surface area (Å²) in [6.07, 6.45) is 4.31. The van der Waals surface area contributed by atoms with Crippen LogP contribution in [0, 0.1) is 32.5 Å². The molecule has 32 heavy (non-hydrogen) atoms. The number of nitrogens with zero attached hydrogens (tertiary/aromatic N) is 4. The van der Waals surface area contributed by atoms with Gasteiger partial charge in [0, 0.05) is 31.2 Å². The lowest BCUT2D eigenvalue weighted by molar-refractivity contribution is -0.120. The number of amides is 1. The Balaban J connectivity index is 1.48. The molecule has 1 aliphatic heterocycles. The number of halogens is 1. The molecular formula is C21H24FN5O4S. The highest BCUT2D eigenvalue weighted by molar-refractivity contribution is 7.89. The van der Waals surface area contributed by atoms with Gasteiger partial charge in [0.05, 0.1) is 11.6 Å². The van der Waals surface area contributed by atoms with E-state index < -0.39 is 21.8 Å². The molecule has 1 N–H and O–H groups in total. The molecule has 0 saturated carbocycles. The van der Waals surface area contributed by atoms with E-state index in [1.807, 2.05) is 0 Å². The van der Waals surface area contributed by atoms with E-state index in [-0.39, 0.29) is 28.8 Å². The molecule has 11 heteroatoms. The fourth-order valence-corrected chi connectivity index (χ4v) is 5.82. The third kappa shape index (κ3) is 4.05. The number of nitrogens with one attached hydrogen (secondary N) is 1. The van der Waals surface area contributed by atoms with Crippen LogP contribution in [0.5, 0.6) is 0 Å². The SMILES string of the molecule is Cc1noc(C)c1S(=O)(=O)N1CCCC(C(=O)Nc2ccc(-n3ccnc3C)c(F)c2)C1. The van der Waals surface area contributed by atoms with Crippen LogP contribution in [0.15, 0.2) is 40.0 Å². The monoisotopic (exact) mass is 461 g/mol. The molecule has 3 aromatic rings. The standard InChI is InChI=1S/C21H24FN5O4S/c1-13-20(14(2)31-25-13)32(29,30)26-9-4-5-16(12-26)21(28)24-17-6-7-19(18(22)11-17)27-10-8-23-15(27)3/h6-8,10-11,16H,4-5,9,12H2,1-3H3,(H,24,28). The van der Waals surface area contributed by atoms with Gasteiger partial charge in [-0.3, -0.25) is 4.79 Å². The molecule has 0 aliphatic carbocycles. The minimum atomic E-state index is -3.83. The van der Waals surface area contributed by atoms with Crippen molar-refractivity contribution < 1.29 is 22.1 Å². The second kappa shape index (κ2) is 8.47. The van der Waals surface area contributed by atoms with Crippen molar-refractivity contribution >= 4 is 21.6 Å². The highest BCUT2D eigenvalue weighted by Gasteiger charge is 2.36. The number of anilines is 1. The molecule has 1 saturated heterocycles. The summed E-state index contributed by atoms with van der Waals surface area (Å²) < 4.78 is 48.7. The average Bonchev–Trinajstić information content (AvgIpc) is 3.33. The molecule has 1 fully saturated rings. The Morgan fingerprint density at radius 1 is 1.28 bits per heavy atom. The first kappa shape index (κ1) is 22.2. The molecule has 3 heterocycles. The van der Waals surface area contributed by atoms with E-state index in [1.54, 1.807) is 49.9 Å². The van der Waals surface area contributed by atoms with Crippen molar-refractivity contribution in [3.63, 3.8) is 0 Å². The van der Waals surface area contributed by atoms with E-state index in [2.05, 4.69) is 15.5 Å². The number of sulfonamides is 1. The maximum absolute atomic E-state index is 14.6. The second-order valence-corrected chi connectivity index (χ2v) is 9.73. The Kier molecular flexibility index (Phi) is 5.87. The van der Waals surface area contributed by atoms with Gasteiger partial charge in [-0.05, 0) is 51.8 Å². The summed E-state index contributed by atoms with van der Waals surface area (Å²) in [5.74, 6) is -0.553. The van der Waals surface area contributed by atoms with Gasteiger partial charge in [-0.1, -0.05) is 5.16 Å². The second-order valence-electron chi connectivity index (χ2n) is 7.86. The quantitative estimate of drug-likeness (QED) is 0.626. The molecule has 0 spiro atoms. The Hall–Kier alpha value is -3.05. The fourth-order valence-electron chi connectivity index (χ4n) is 4.00. The van der Waals surface area contributed by atoms with Crippen molar-refractivity contribution in [2.75, 3.05) is 18.4 Å². The summed E-state index contributed by atoms with van der Waals surface area (Å²) in [5.41, 5.74) is 0.921. The summed E-state index contributed by atoms with van der Waals surface area (Å²) in [5, 5.41) is 6.44. The van der Waals surface area contributed by atoms with E-state index in [4.69, 9.17) is 4.52 Å². The maximum atomic E-state index is 14.6.